The number of benzene rings is 1. The molecular formula is C18H17ClO4. The standard InChI is InChI=1S/C18H17ClO4/c1-17(10-11-5-3-4-6-13(11)19)14(20)9-12(16(17)22)18(2)8-7-15(21)23-18/h3-8,12H,9-10H2,1-2H3/t12-,17-,18-/m0/s1. The minimum Gasteiger partial charge on any atom is -0.451 e. The lowest BCUT2D eigenvalue weighted by atomic mass is 9.77. The molecule has 1 aliphatic carbocycles. The molecule has 0 bridgehead atoms. The van der Waals surface area contributed by atoms with Crippen LogP contribution < -0.4 is 0 Å². The maximum absolute atomic E-state index is 13.0. The zero-order chi connectivity index (χ0) is 16.8. The van der Waals surface area contributed by atoms with Crippen LogP contribution in [0.4, 0.5) is 0 Å². The molecule has 0 radical (unpaired) electrons. The Morgan fingerprint density at radius 3 is 2.52 bits per heavy atom. The second-order valence-electron chi connectivity index (χ2n) is 6.58. The van der Waals surface area contributed by atoms with Gasteiger partial charge in [-0.3, -0.25) is 9.59 Å². The van der Waals surface area contributed by atoms with Gasteiger partial charge in [-0.2, -0.15) is 0 Å². The fraction of sp³-hybridized carbons (Fsp3) is 0.389. The number of ether oxygens (including phenoxy) is 1. The van der Waals surface area contributed by atoms with Crippen LogP contribution in [0.1, 0.15) is 25.8 Å². The van der Waals surface area contributed by atoms with Crippen molar-refractivity contribution in [2.45, 2.75) is 32.3 Å². The van der Waals surface area contributed by atoms with Crippen molar-refractivity contribution in [1.29, 1.82) is 0 Å². The van der Waals surface area contributed by atoms with Gasteiger partial charge in [-0.1, -0.05) is 29.8 Å². The summed E-state index contributed by atoms with van der Waals surface area (Å²) in [6, 6.07) is 7.19. The van der Waals surface area contributed by atoms with E-state index in [1.54, 1.807) is 32.1 Å². The second-order valence-corrected chi connectivity index (χ2v) is 6.99. The molecule has 1 fully saturated rings. The fourth-order valence-electron chi connectivity index (χ4n) is 3.40. The first-order valence-electron chi connectivity index (χ1n) is 7.49. The van der Waals surface area contributed by atoms with E-state index in [2.05, 4.69) is 0 Å². The Bertz CT molecular complexity index is 738. The maximum Gasteiger partial charge on any atom is 0.331 e. The van der Waals surface area contributed by atoms with Crippen molar-refractivity contribution < 1.29 is 19.1 Å². The van der Waals surface area contributed by atoms with Gasteiger partial charge in [0, 0.05) is 17.5 Å². The molecule has 0 spiro atoms. The van der Waals surface area contributed by atoms with Crippen molar-refractivity contribution in [3.63, 3.8) is 0 Å². The normalized spacial score (nSPS) is 33.3. The molecule has 2 aliphatic rings. The number of halogens is 1. The van der Waals surface area contributed by atoms with Crippen molar-refractivity contribution in [3.05, 3.63) is 47.0 Å². The largest absolute Gasteiger partial charge is 0.451 e. The van der Waals surface area contributed by atoms with E-state index in [1.165, 1.54) is 6.08 Å². The number of hydrogen-bond donors (Lipinski definition) is 0. The van der Waals surface area contributed by atoms with Gasteiger partial charge in [-0.05, 0) is 38.0 Å². The average Bonchev–Trinajstić information content (AvgIpc) is 2.95. The minimum atomic E-state index is -1.14. The zero-order valence-electron chi connectivity index (χ0n) is 13.0. The van der Waals surface area contributed by atoms with Crippen LogP contribution in [-0.4, -0.2) is 23.1 Å². The van der Waals surface area contributed by atoms with Crippen molar-refractivity contribution in [1.82, 2.24) is 0 Å². The molecule has 1 heterocycles. The molecule has 23 heavy (non-hydrogen) atoms. The zero-order valence-corrected chi connectivity index (χ0v) is 13.7. The summed E-state index contributed by atoms with van der Waals surface area (Å²) in [6.07, 6.45) is 3.22. The molecule has 5 heteroatoms. The second kappa shape index (κ2) is 5.31. The highest BCUT2D eigenvalue weighted by atomic mass is 35.5. The first kappa shape index (κ1) is 15.9. The van der Waals surface area contributed by atoms with E-state index in [0.29, 0.717) is 5.02 Å². The number of carbonyl (C=O) groups excluding carboxylic acids is 3. The lowest BCUT2D eigenvalue weighted by Crippen LogP contribution is -2.41. The Balaban J connectivity index is 1.91. The summed E-state index contributed by atoms with van der Waals surface area (Å²) < 4.78 is 5.27. The van der Waals surface area contributed by atoms with Gasteiger partial charge in [-0.25, -0.2) is 4.79 Å². The number of cyclic esters (lactones) is 1. The smallest absolute Gasteiger partial charge is 0.331 e. The van der Waals surface area contributed by atoms with E-state index in [4.69, 9.17) is 16.3 Å². The third kappa shape index (κ3) is 2.51. The molecule has 1 aromatic carbocycles. The monoisotopic (exact) mass is 332 g/mol. The van der Waals surface area contributed by atoms with Crippen LogP contribution >= 0.6 is 11.6 Å². The molecule has 1 saturated carbocycles. The average molecular weight is 333 g/mol. The molecule has 0 unspecified atom stereocenters. The summed E-state index contributed by atoms with van der Waals surface area (Å²) in [6.45, 7) is 3.33. The molecule has 4 nitrogen and oxygen atoms in total. The van der Waals surface area contributed by atoms with Gasteiger partial charge in [0.15, 0.2) is 5.78 Å². The number of Topliss-reactive ketones (excluding diaryl/α,β-unsaturated/α-hetero) is 2. The highest BCUT2D eigenvalue weighted by molar-refractivity contribution is 6.31. The molecule has 3 rings (SSSR count). The van der Waals surface area contributed by atoms with E-state index < -0.39 is 22.9 Å². The van der Waals surface area contributed by atoms with Gasteiger partial charge < -0.3 is 4.74 Å². The van der Waals surface area contributed by atoms with E-state index in [0.717, 1.165) is 5.56 Å². The molecule has 3 atom stereocenters. The van der Waals surface area contributed by atoms with Crippen LogP contribution in [0, 0.1) is 11.3 Å². The number of rotatable bonds is 3. The Kier molecular flexibility index (Phi) is 3.68. The predicted octanol–water partition coefficient (Wildman–Crippen LogP) is 2.92. The number of hydrogen-bond acceptors (Lipinski definition) is 4. The Morgan fingerprint density at radius 1 is 1.22 bits per heavy atom. The van der Waals surface area contributed by atoms with E-state index in [1.807, 2.05) is 12.1 Å². The van der Waals surface area contributed by atoms with Crippen LogP contribution in [0.2, 0.25) is 5.02 Å². The fourth-order valence-corrected chi connectivity index (χ4v) is 3.60. The molecule has 1 aliphatic heterocycles. The lowest BCUT2D eigenvalue weighted by Gasteiger charge is -2.29. The van der Waals surface area contributed by atoms with Crippen LogP contribution in [0.15, 0.2) is 36.4 Å². The summed E-state index contributed by atoms with van der Waals surface area (Å²) in [5, 5.41) is 0.538. The summed E-state index contributed by atoms with van der Waals surface area (Å²) in [7, 11) is 0. The SMILES string of the molecule is C[C@]1(Cc2ccccc2Cl)C(=O)C[C@H]([C@]2(C)C=CC(=O)O2)C1=O. The summed E-state index contributed by atoms with van der Waals surface area (Å²) in [5.74, 6) is -1.45. The van der Waals surface area contributed by atoms with Crippen molar-refractivity contribution in [3.8, 4) is 0 Å². The molecule has 0 saturated heterocycles. The summed E-state index contributed by atoms with van der Waals surface area (Å²) >= 11 is 6.17. The third-order valence-corrected chi connectivity index (χ3v) is 5.30. The maximum atomic E-state index is 13.0. The summed E-state index contributed by atoms with van der Waals surface area (Å²) in [4.78, 5) is 36.9. The topological polar surface area (TPSA) is 60.4 Å². The highest BCUT2D eigenvalue weighted by Gasteiger charge is 2.58. The van der Waals surface area contributed by atoms with E-state index in [-0.39, 0.29) is 24.4 Å². The van der Waals surface area contributed by atoms with Crippen molar-refractivity contribution >= 4 is 29.1 Å². The molecule has 1 aromatic rings. The Morgan fingerprint density at radius 2 is 1.91 bits per heavy atom. The molecule has 0 amide bonds. The molecule has 0 aromatic heterocycles. The molecule has 0 N–H and O–H groups in total. The predicted molar refractivity (Wildman–Crippen MR) is 85.0 cm³/mol. The van der Waals surface area contributed by atoms with Gasteiger partial charge in [0.2, 0.25) is 0 Å². The number of ketones is 2. The number of carbonyl (C=O) groups is 3. The Labute approximate surface area is 139 Å². The third-order valence-electron chi connectivity index (χ3n) is 4.93. The molecule has 120 valence electrons. The van der Waals surface area contributed by atoms with Crippen LogP contribution in [0.5, 0.6) is 0 Å². The van der Waals surface area contributed by atoms with Crippen molar-refractivity contribution in [2.75, 3.05) is 0 Å². The van der Waals surface area contributed by atoms with Crippen LogP contribution in [0.3, 0.4) is 0 Å². The van der Waals surface area contributed by atoms with Gasteiger partial charge in [0.25, 0.3) is 0 Å². The van der Waals surface area contributed by atoms with E-state index >= 15 is 0 Å². The van der Waals surface area contributed by atoms with Gasteiger partial charge in [-0.15, -0.1) is 0 Å². The first-order valence-corrected chi connectivity index (χ1v) is 7.87. The highest BCUT2D eigenvalue weighted by Crippen LogP contribution is 2.45. The van der Waals surface area contributed by atoms with Gasteiger partial charge >= 0.3 is 5.97 Å². The van der Waals surface area contributed by atoms with Crippen LogP contribution in [-0.2, 0) is 25.5 Å². The first-order chi connectivity index (χ1) is 10.8. The van der Waals surface area contributed by atoms with Crippen LogP contribution in [0.25, 0.3) is 0 Å². The quantitative estimate of drug-likeness (QED) is 0.630. The van der Waals surface area contributed by atoms with Crippen molar-refractivity contribution in [2.24, 2.45) is 11.3 Å². The number of esters is 1. The summed E-state index contributed by atoms with van der Waals surface area (Å²) in [5.41, 5.74) is -1.41. The minimum absolute atomic E-state index is 0.0773. The molecular weight excluding hydrogens is 316 g/mol. The van der Waals surface area contributed by atoms with Gasteiger partial charge in [0.05, 0.1) is 11.3 Å². The van der Waals surface area contributed by atoms with E-state index in [9.17, 15) is 14.4 Å². The Hall–Kier alpha value is -1.94. The van der Waals surface area contributed by atoms with Gasteiger partial charge in [0.1, 0.15) is 11.4 Å². The lowest BCUT2D eigenvalue weighted by molar-refractivity contribution is -0.151.